The lowest BCUT2D eigenvalue weighted by Crippen LogP contribution is -2.43. The Morgan fingerprint density at radius 2 is 1.94 bits per heavy atom. The lowest BCUT2D eigenvalue weighted by molar-refractivity contribution is -0.131. The van der Waals surface area contributed by atoms with E-state index >= 15 is 0 Å². The van der Waals surface area contributed by atoms with Crippen molar-refractivity contribution in [3.05, 3.63) is 23.8 Å². The van der Waals surface area contributed by atoms with Gasteiger partial charge in [-0.1, -0.05) is 12.2 Å². The van der Waals surface area contributed by atoms with Crippen LogP contribution in [0, 0.1) is 5.41 Å². The van der Waals surface area contributed by atoms with Crippen LogP contribution < -0.4 is 0 Å². The van der Waals surface area contributed by atoms with Gasteiger partial charge >= 0.3 is 0 Å². The Hall–Kier alpha value is -1.38. The number of carbonyl (C=O) groups excluding carboxylic acids is 2. The van der Waals surface area contributed by atoms with E-state index in [0.29, 0.717) is 13.0 Å². The van der Waals surface area contributed by atoms with E-state index in [1.54, 1.807) is 6.08 Å². The van der Waals surface area contributed by atoms with Crippen LogP contribution in [0.3, 0.4) is 0 Å². The van der Waals surface area contributed by atoms with E-state index in [2.05, 4.69) is 0 Å². The van der Waals surface area contributed by atoms with Crippen LogP contribution in [0.2, 0.25) is 0 Å². The Morgan fingerprint density at radius 1 is 1.29 bits per heavy atom. The number of nitrogens with zero attached hydrogens (tertiary/aromatic N) is 1. The Kier molecular flexibility index (Phi) is 2.53. The normalized spacial score (nSPS) is 29.2. The van der Waals surface area contributed by atoms with Crippen molar-refractivity contribution in [3.63, 3.8) is 0 Å². The van der Waals surface area contributed by atoms with Crippen LogP contribution in [0.4, 0.5) is 0 Å². The minimum atomic E-state index is -0.262. The van der Waals surface area contributed by atoms with Gasteiger partial charge in [0.25, 0.3) is 0 Å². The van der Waals surface area contributed by atoms with E-state index in [-0.39, 0.29) is 22.6 Å². The molecule has 3 nitrogen and oxygen atoms in total. The van der Waals surface area contributed by atoms with Crippen LogP contribution in [0.1, 0.15) is 34.1 Å². The van der Waals surface area contributed by atoms with Crippen molar-refractivity contribution in [2.24, 2.45) is 5.41 Å². The van der Waals surface area contributed by atoms with Gasteiger partial charge in [-0.25, -0.2) is 0 Å². The van der Waals surface area contributed by atoms with Crippen LogP contribution in [0.15, 0.2) is 23.8 Å². The van der Waals surface area contributed by atoms with Crippen LogP contribution in [0.5, 0.6) is 0 Å². The third-order valence-electron chi connectivity index (χ3n) is 3.50. The number of hydrogen-bond donors (Lipinski definition) is 0. The quantitative estimate of drug-likeness (QED) is 0.642. The van der Waals surface area contributed by atoms with Gasteiger partial charge in [0, 0.05) is 23.9 Å². The van der Waals surface area contributed by atoms with E-state index in [4.69, 9.17) is 0 Å². The first-order valence-corrected chi connectivity index (χ1v) is 5.97. The van der Waals surface area contributed by atoms with Gasteiger partial charge in [-0.05, 0) is 39.3 Å². The van der Waals surface area contributed by atoms with Gasteiger partial charge in [-0.3, -0.25) is 9.59 Å². The van der Waals surface area contributed by atoms with Crippen LogP contribution in [-0.2, 0) is 9.59 Å². The minimum absolute atomic E-state index is 0.0530. The second-order valence-corrected chi connectivity index (χ2v) is 6.09. The first kappa shape index (κ1) is 12.1. The summed E-state index contributed by atoms with van der Waals surface area (Å²) >= 11 is 0. The molecule has 1 amide bonds. The molecule has 1 atom stereocenters. The summed E-state index contributed by atoms with van der Waals surface area (Å²) in [6, 6.07) is 0. The van der Waals surface area contributed by atoms with E-state index < -0.39 is 0 Å². The molecule has 2 rings (SSSR count). The van der Waals surface area contributed by atoms with Gasteiger partial charge in [0.15, 0.2) is 5.78 Å². The summed E-state index contributed by atoms with van der Waals surface area (Å²) < 4.78 is 0. The Balaban J connectivity index is 2.31. The second kappa shape index (κ2) is 3.56. The van der Waals surface area contributed by atoms with Gasteiger partial charge in [0.05, 0.1) is 0 Å². The molecular weight excluding hydrogens is 214 g/mol. The molecule has 3 heteroatoms. The zero-order chi connectivity index (χ0) is 12.8. The van der Waals surface area contributed by atoms with Gasteiger partial charge in [0.1, 0.15) is 0 Å². The fourth-order valence-corrected chi connectivity index (χ4v) is 2.56. The second-order valence-electron chi connectivity index (χ2n) is 6.09. The van der Waals surface area contributed by atoms with Crippen molar-refractivity contribution >= 4 is 11.7 Å². The monoisotopic (exact) mass is 233 g/mol. The molecule has 1 unspecified atom stereocenters. The lowest BCUT2D eigenvalue weighted by atomic mass is 9.80. The predicted molar refractivity (Wildman–Crippen MR) is 66.4 cm³/mol. The van der Waals surface area contributed by atoms with Crippen LogP contribution in [-0.4, -0.2) is 28.7 Å². The third kappa shape index (κ3) is 2.06. The molecule has 0 aromatic carbocycles. The standard InChI is InChI=1S/C14H19NO2/c1-10-7-14(6-5-11(10)16)8-12(17)15(9-14)13(2,3)4/h5-7H,8-9H2,1-4H3. The highest BCUT2D eigenvalue weighted by atomic mass is 16.2. The minimum Gasteiger partial charge on any atom is -0.337 e. The fourth-order valence-electron chi connectivity index (χ4n) is 2.56. The van der Waals surface area contributed by atoms with Crippen molar-refractivity contribution in [1.29, 1.82) is 0 Å². The maximum atomic E-state index is 12.1. The van der Waals surface area contributed by atoms with E-state index in [0.717, 1.165) is 5.57 Å². The molecule has 0 bridgehead atoms. The smallest absolute Gasteiger partial charge is 0.224 e. The molecule has 0 N–H and O–H groups in total. The summed E-state index contributed by atoms with van der Waals surface area (Å²) in [6.07, 6.45) is 5.94. The average molecular weight is 233 g/mol. The topological polar surface area (TPSA) is 37.4 Å². The maximum Gasteiger partial charge on any atom is 0.224 e. The molecule has 2 aliphatic rings. The lowest BCUT2D eigenvalue weighted by Gasteiger charge is -2.34. The van der Waals surface area contributed by atoms with Crippen molar-refractivity contribution in [2.75, 3.05) is 6.54 Å². The largest absolute Gasteiger partial charge is 0.337 e. The van der Waals surface area contributed by atoms with Crippen molar-refractivity contribution in [2.45, 2.75) is 39.7 Å². The molecule has 0 aromatic rings. The number of rotatable bonds is 0. The molecular formula is C14H19NO2. The predicted octanol–water partition coefficient (Wildman–Crippen LogP) is 2.09. The highest BCUT2D eigenvalue weighted by Gasteiger charge is 2.44. The number of allylic oxidation sites excluding steroid dienone is 2. The van der Waals surface area contributed by atoms with E-state index in [9.17, 15) is 9.59 Å². The summed E-state index contributed by atoms with van der Waals surface area (Å²) in [7, 11) is 0. The number of amides is 1. The summed E-state index contributed by atoms with van der Waals surface area (Å²) in [5, 5.41) is 0. The number of ketones is 1. The molecule has 1 aliphatic carbocycles. The highest BCUT2D eigenvalue weighted by molar-refractivity contribution is 6.05. The molecule has 0 aromatic heterocycles. The zero-order valence-electron chi connectivity index (χ0n) is 10.9. The van der Waals surface area contributed by atoms with Crippen LogP contribution >= 0.6 is 0 Å². The molecule has 0 saturated carbocycles. The molecule has 92 valence electrons. The van der Waals surface area contributed by atoms with Gasteiger partial charge < -0.3 is 4.90 Å². The number of carbonyl (C=O) groups is 2. The van der Waals surface area contributed by atoms with Gasteiger partial charge in [0.2, 0.25) is 5.91 Å². The number of hydrogen-bond acceptors (Lipinski definition) is 2. The summed E-state index contributed by atoms with van der Waals surface area (Å²) in [5.74, 6) is 0.220. The van der Waals surface area contributed by atoms with Gasteiger partial charge in [-0.15, -0.1) is 0 Å². The maximum absolute atomic E-state index is 12.1. The summed E-state index contributed by atoms with van der Waals surface area (Å²) in [5.41, 5.74) is 0.330. The third-order valence-corrected chi connectivity index (χ3v) is 3.50. The van der Waals surface area contributed by atoms with Gasteiger partial charge in [-0.2, -0.15) is 0 Å². The van der Waals surface area contributed by atoms with Crippen molar-refractivity contribution < 1.29 is 9.59 Å². The first-order valence-electron chi connectivity index (χ1n) is 5.97. The Morgan fingerprint density at radius 3 is 2.41 bits per heavy atom. The van der Waals surface area contributed by atoms with Crippen molar-refractivity contribution in [1.82, 2.24) is 4.90 Å². The average Bonchev–Trinajstić information content (AvgIpc) is 2.50. The Labute approximate surface area is 102 Å². The first-order chi connectivity index (χ1) is 7.73. The van der Waals surface area contributed by atoms with Crippen LogP contribution in [0.25, 0.3) is 0 Å². The molecule has 1 heterocycles. The SMILES string of the molecule is CC1=CC2(C=CC1=O)CC(=O)N(C(C)(C)C)C2. The molecule has 0 radical (unpaired) electrons. The molecule has 1 saturated heterocycles. The Bertz CT molecular complexity index is 440. The molecule has 17 heavy (non-hydrogen) atoms. The van der Waals surface area contributed by atoms with E-state index in [1.807, 2.05) is 44.7 Å². The molecule has 1 aliphatic heterocycles. The van der Waals surface area contributed by atoms with Crippen molar-refractivity contribution in [3.8, 4) is 0 Å². The highest BCUT2D eigenvalue weighted by Crippen LogP contribution is 2.40. The number of likely N-dealkylation sites (tertiary alicyclic amines) is 1. The van der Waals surface area contributed by atoms with E-state index in [1.165, 1.54) is 0 Å². The summed E-state index contributed by atoms with van der Waals surface area (Å²) in [6.45, 7) is 8.61. The summed E-state index contributed by atoms with van der Waals surface area (Å²) in [4.78, 5) is 25.4. The molecule has 1 spiro atoms. The molecule has 1 fully saturated rings. The fraction of sp³-hybridized carbons (Fsp3) is 0.571. The zero-order valence-corrected chi connectivity index (χ0v) is 10.9.